The minimum absolute atomic E-state index is 0.0256. The Labute approximate surface area is 177 Å². The van der Waals surface area contributed by atoms with Gasteiger partial charge in [-0.2, -0.15) is 0 Å². The van der Waals surface area contributed by atoms with Crippen molar-refractivity contribution >= 4 is 17.8 Å². The Morgan fingerprint density at radius 3 is 2.50 bits per heavy atom. The summed E-state index contributed by atoms with van der Waals surface area (Å²) >= 11 is 0. The van der Waals surface area contributed by atoms with Crippen LogP contribution in [0, 0.1) is 30.6 Å². The van der Waals surface area contributed by atoms with Gasteiger partial charge in [-0.05, 0) is 49.3 Å². The Morgan fingerprint density at radius 2 is 1.83 bits per heavy atom. The van der Waals surface area contributed by atoms with Gasteiger partial charge >= 0.3 is 0 Å². The van der Waals surface area contributed by atoms with Gasteiger partial charge in [0.05, 0.1) is 18.4 Å². The lowest BCUT2D eigenvalue weighted by Gasteiger charge is -2.18. The third-order valence-corrected chi connectivity index (χ3v) is 6.29. The lowest BCUT2D eigenvalue weighted by atomic mass is 9.85. The van der Waals surface area contributed by atoms with E-state index in [1.807, 2.05) is 31.2 Å². The molecule has 2 N–H and O–H groups in total. The van der Waals surface area contributed by atoms with Crippen molar-refractivity contribution in [3.8, 4) is 5.75 Å². The molecule has 0 aromatic heterocycles. The normalized spacial score (nSPS) is 27.0. The first kappa shape index (κ1) is 20.4. The van der Waals surface area contributed by atoms with Gasteiger partial charge in [0.1, 0.15) is 12.4 Å². The highest BCUT2D eigenvalue weighted by atomic mass is 16.5. The molecule has 1 saturated carbocycles. The first-order chi connectivity index (χ1) is 14.6. The summed E-state index contributed by atoms with van der Waals surface area (Å²) in [5.41, 5.74) is 1.17. The van der Waals surface area contributed by atoms with Crippen molar-refractivity contribution < 1.29 is 14.3 Å². The first-order valence-electron chi connectivity index (χ1n) is 10.8. The Hall–Kier alpha value is -2.83. The van der Waals surface area contributed by atoms with Crippen LogP contribution in [0.1, 0.15) is 18.4 Å². The van der Waals surface area contributed by atoms with Gasteiger partial charge in [-0.25, -0.2) is 0 Å². The van der Waals surface area contributed by atoms with Crippen molar-refractivity contribution in [2.75, 3.05) is 33.3 Å². The largest absolute Gasteiger partial charge is 0.492 e. The fourth-order valence-corrected chi connectivity index (χ4v) is 4.89. The number of hydrogen-bond acceptors (Lipinski definition) is 4. The molecule has 4 rings (SSSR count). The molecule has 160 valence electrons. The van der Waals surface area contributed by atoms with E-state index in [4.69, 9.17) is 4.74 Å². The van der Waals surface area contributed by atoms with Crippen LogP contribution in [0.2, 0.25) is 0 Å². The smallest absolute Gasteiger partial charge is 0.233 e. The molecule has 2 amide bonds. The number of amides is 2. The van der Waals surface area contributed by atoms with E-state index >= 15 is 0 Å². The number of fused-ring (bicyclic) bond motifs is 5. The number of benzene rings is 1. The highest BCUT2D eigenvalue weighted by Gasteiger charge is 2.58. The van der Waals surface area contributed by atoms with E-state index in [-0.39, 0.29) is 35.5 Å². The summed E-state index contributed by atoms with van der Waals surface area (Å²) in [4.78, 5) is 31.1. The monoisotopic (exact) mass is 410 g/mol. The van der Waals surface area contributed by atoms with Gasteiger partial charge in [0, 0.05) is 20.1 Å². The van der Waals surface area contributed by atoms with Gasteiger partial charge in [-0.1, -0.05) is 24.3 Å². The maximum absolute atomic E-state index is 12.7. The molecule has 1 aliphatic heterocycles. The first-order valence-corrected chi connectivity index (χ1v) is 10.8. The second-order valence-electron chi connectivity index (χ2n) is 8.27. The van der Waals surface area contributed by atoms with E-state index in [9.17, 15) is 9.59 Å². The zero-order valence-corrected chi connectivity index (χ0v) is 17.6. The second-order valence-corrected chi connectivity index (χ2v) is 8.27. The van der Waals surface area contributed by atoms with Crippen LogP contribution in [0.5, 0.6) is 5.75 Å². The highest BCUT2D eigenvalue weighted by molar-refractivity contribution is 6.06. The van der Waals surface area contributed by atoms with Crippen LogP contribution in [0.4, 0.5) is 0 Å². The van der Waals surface area contributed by atoms with Crippen LogP contribution in [0.3, 0.4) is 0 Å². The fraction of sp³-hybridized carbons (Fsp3) is 0.522. The predicted octanol–water partition coefficient (Wildman–Crippen LogP) is 1.74. The summed E-state index contributed by atoms with van der Waals surface area (Å²) < 4.78 is 5.73. The molecule has 2 fully saturated rings. The summed E-state index contributed by atoms with van der Waals surface area (Å²) in [6.45, 7) is 4.28. The van der Waals surface area contributed by atoms with Crippen LogP contribution < -0.4 is 15.4 Å². The predicted molar refractivity (Wildman–Crippen MR) is 115 cm³/mol. The number of aliphatic imine (C=N–C) groups is 1. The van der Waals surface area contributed by atoms with Crippen molar-refractivity contribution in [3.05, 3.63) is 42.0 Å². The molecule has 1 heterocycles. The van der Waals surface area contributed by atoms with E-state index in [0.29, 0.717) is 38.6 Å². The molecule has 1 aromatic rings. The lowest BCUT2D eigenvalue weighted by Crippen LogP contribution is -2.41. The van der Waals surface area contributed by atoms with Gasteiger partial charge < -0.3 is 15.4 Å². The number of imide groups is 1. The molecule has 7 heteroatoms. The SMILES string of the molecule is CN=C(NCCCN1C(=O)C2C3C=CC(C3)C2C1=O)NCCOc1cccc(C)c1. The molecule has 0 spiro atoms. The van der Waals surface area contributed by atoms with Gasteiger partial charge in [-0.3, -0.25) is 19.5 Å². The average Bonchev–Trinajstić information content (AvgIpc) is 3.42. The van der Waals surface area contributed by atoms with E-state index in [2.05, 4.69) is 27.8 Å². The fourth-order valence-electron chi connectivity index (χ4n) is 4.89. The molecular formula is C23H30N4O3. The summed E-state index contributed by atoms with van der Waals surface area (Å²) in [5, 5.41) is 6.44. The van der Waals surface area contributed by atoms with Crippen molar-refractivity contribution in [1.82, 2.24) is 15.5 Å². The summed E-state index contributed by atoms with van der Waals surface area (Å²) in [7, 11) is 1.72. The molecule has 1 saturated heterocycles. The van der Waals surface area contributed by atoms with Crippen molar-refractivity contribution in [2.24, 2.45) is 28.7 Å². The lowest BCUT2D eigenvalue weighted by molar-refractivity contribution is -0.140. The number of ether oxygens (including phenoxy) is 1. The van der Waals surface area contributed by atoms with Crippen molar-refractivity contribution in [1.29, 1.82) is 0 Å². The molecule has 4 unspecified atom stereocenters. The standard InChI is InChI=1S/C23H30N4O3/c1-15-5-3-6-18(13-15)30-12-10-26-23(24-2)25-9-4-11-27-21(28)19-16-7-8-17(14-16)20(19)22(27)29/h3,5-8,13,16-17,19-20H,4,9-12,14H2,1-2H3,(H2,24,25,26). The van der Waals surface area contributed by atoms with Gasteiger partial charge in [0.2, 0.25) is 11.8 Å². The number of aryl methyl sites for hydroxylation is 1. The number of carbonyl (C=O) groups excluding carboxylic acids is 2. The Balaban J connectivity index is 1.14. The number of nitrogens with zero attached hydrogens (tertiary/aromatic N) is 2. The Bertz CT molecular complexity index is 836. The number of hydrogen-bond donors (Lipinski definition) is 2. The van der Waals surface area contributed by atoms with Crippen LogP contribution in [-0.4, -0.2) is 56.0 Å². The summed E-state index contributed by atoms with van der Waals surface area (Å²) in [6, 6.07) is 7.96. The zero-order valence-electron chi connectivity index (χ0n) is 17.6. The van der Waals surface area contributed by atoms with E-state index < -0.39 is 0 Å². The highest BCUT2D eigenvalue weighted by Crippen LogP contribution is 2.52. The topological polar surface area (TPSA) is 83.0 Å². The summed E-state index contributed by atoms with van der Waals surface area (Å²) in [5.74, 6) is 1.91. The maximum Gasteiger partial charge on any atom is 0.233 e. The van der Waals surface area contributed by atoms with Crippen LogP contribution in [0.25, 0.3) is 0 Å². The quantitative estimate of drug-likeness (QED) is 0.224. The van der Waals surface area contributed by atoms with Crippen LogP contribution in [-0.2, 0) is 9.59 Å². The molecule has 4 atom stereocenters. The van der Waals surface area contributed by atoms with Gasteiger partial charge in [-0.15, -0.1) is 0 Å². The number of allylic oxidation sites excluding steroid dienone is 2. The number of guanidine groups is 1. The molecular weight excluding hydrogens is 380 g/mol. The molecule has 0 radical (unpaired) electrons. The number of rotatable bonds is 8. The molecule has 3 aliphatic rings. The third-order valence-electron chi connectivity index (χ3n) is 6.29. The number of likely N-dealkylation sites (tertiary alicyclic amines) is 1. The van der Waals surface area contributed by atoms with Gasteiger partial charge in [0.15, 0.2) is 5.96 Å². The third kappa shape index (κ3) is 4.06. The molecule has 2 aliphatic carbocycles. The Kier molecular flexibility index (Phi) is 6.06. The number of carbonyl (C=O) groups is 2. The van der Waals surface area contributed by atoms with E-state index in [1.165, 1.54) is 10.5 Å². The average molecular weight is 411 g/mol. The number of nitrogens with one attached hydrogen (secondary N) is 2. The van der Waals surface area contributed by atoms with E-state index in [1.54, 1.807) is 7.05 Å². The van der Waals surface area contributed by atoms with Crippen molar-refractivity contribution in [2.45, 2.75) is 19.8 Å². The summed E-state index contributed by atoms with van der Waals surface area (Å²) in [6.07, 6.45) is 5.92. The van der Waals surface area contributed by atoms with Crippen LogP contribution in [0.15, 0.2) is 41.4 Å². The van der Waals surface area contributed by atoms with Crippen molar-refractivity contribution in [3.63, 3.8) is 0 Å². The Morgan fingerprint density at radius 1 is 1.13 bits per heavy atom. The van der Waals surface area contributed by atoms with Gasteiger partial charge in [0.25, 0.3) is 0 Å². The minimum atomic E-state index is -0.108. The molecule has 2 bridgehead atoms. The van der Waals surface area contributed by atoms with E-state index in [0.717, 1.165) is 12.2 Å². The maximum atomic E-state index is 12.7. The molecule has 7 nitrogen and oxygen atoms in total. The second kappa shape index (κ2) is 8.90. The zero-order chi connectivity index (χ0) is 21.1. The molecule has 1 aromatic carbocycles. The van der Waals surface area contributed by atoms with Crippen LogP contribution >= 0.6 is 0 Å². The minimum Gasteiger partial charge on any atom is -0.492 e. The molecule has 30 heavy (non-hydrogen) atoms.